The molecule has 0 radical (unpaired) electrons. The van der Waals surface area contributed by atoms with Crippen LogP contribution in [0.4, 0.5) is 4.79 Å². The van der Waals surface area contributed by atoms with E-state index < -0.39 is 18.4 Å². The van der Waals surface area contributed by atoms with Crippen molar-refractivity contribution in [3.63, 3.8) is 0 Å². The fourth-order valence-corrected chi connectivity index (χ4v) is 7.88. The van der Waals surface area contributed by atoms with Crippen molar-refractivity contribution in [1.29, 1.82) is 0 Å². The lowest BCUT2D eigenvalue weighted by Gasteiger charge is -2.29. The Morgan fingerprint density at radius 1 is 0.903 bits per heavy atom. The van der Waals surface area contributed by atoms with Gasteiger partial charge in [0, 0.05) is 4.90 Å². The summed E-state index contributed by atoms with van der Waals surface area (Å²) in [4.78, 5) is 13.5. The number of carbonyl (C=O) groups is 1. The maximum Gasteiger partial charge on any atom is 0.408 e. The largest absolute Gasteiger partial charge is 0.445 e. The van der Waals surface area contributed by atoms with Crippen molar-refractivity contribution in [3.8, 4) is 0 Å². The number of rotatable bonds is 9. The first-order chi connectivity index (χ1) is 15.0. The van der Waals surface area contributed by atoms with Gasteiger partial charge >= 0.3 is 6.09 Å². The van der Waals surface area contributed by atoms with Crippen molar-refractivity contribution in [1.82, 2.24) is 5.32 Å². The number of hydrogen-bond acceptors (Lipinski definition) is 5. The molecule has 2 unspecified atom stereocenters. The molecule has 162 valence electrons. The summed E-state index contributed by atoms with van der Waals surface area (Å²) >= 11 is 1.14. The Hall–Kier alpha value is -2.53. The molecule has 3 rings (SSSR count). The van der Waals surface area contributed by atoms with Crippen molar-refractivity contribution in [3.05, 3.63) is 102 Å². The van der Waals surface area contributed by atoms with Crippen LogP contribution in [0.1, 0.15) is 30.8 Å². The number of nitrogens with one attached hydrogen (secondary N) is 1. The molecule has 31 heavy (non-hydrogen) atoms. The van der Waals surface area contributed by atoms with Crippen LogP contribution in [0.2, 0.25) is 0 Å². The van der Waals surface area contributed by atoms with E-state index in [1.807, 2.05) is 105 Å². The van der Waals surface area contributed by atoms with Crippen LogP contribution in [0, 0.1) is 0 Å². The minimum absolute atomic E-state index is 0.120. The minimum Gasteiger partial charge on any atom is -0.445 e. The zero-order valence-electron chi connectivity index (χ0n) is 17.5. The van der Waals surface area contributed by atoms with Gasteiger partial charge in [0.2, 0.25) is 0 Å². The first kappa shape index (κ1) is 23.1. The fourth-order valence-electron chi connectivity index (χ4n) is 2.91. The van der Waals surface area contributed by atoms with E-state index in [-0.39, 0.29) is 12.7 Å². The predicted octanol–water partition coefficient (Wildman–Crippen LogP) is 7.02. The summed E-state index contributed by atoms with van der Waals surface area (Å²) in [5.74, 6) is -0.871. The quantitative estimate of drug-likeness (QED) is 0.351. The summed E-state index contributed by atoms with van der Waals surface area (Å²) in [5.41, 5.74) is 1.56. The van der Waals surface area contributed by atoms with Crippen LogP contribution in [-0.4, -0.2) is 12.2 Å². The lowest BCUT2D eigenvalue weighted by molar-refractivity contribution is 0.137. The van der Waals surface area contributed by atoms with Crippen LogP contribution in [0.15, 0.2) is 95.9 Å². The maximum atomic E-state index is 14.2. The molecule has 1 N–H and O–H groups in total. The molecule has 0 aliphatic rings. The summed E-state index contributed by atoms with van der Waals surface area (Å²) < 4.78 is 25.5. The third-order valence-electron chi connectivity index (χ3n) is 4.23. The molecule has 0 aromatic heterocycles. The summed E-state index contributed by atoms with van der Waals surface area (Å²) in [6.45, 7) is 0.301. The van der Waals surface area contributed by atoms with E-state index >= 15 is 0 Å². The Labute approximate surface area is 187 Å². The van der Waals surface area contributed by atoms with Crippen molar-refractivity contribution >= 4 is 24.0 Å². The van der Waals surface area contributed by atoms with E-state index in [2.05, 4.69) is 5.32 Å². The van der Waals surface area contributed by atoms with E-state index in [1.54, 1.807) is 0 Å². The van der Waals surface area contributed by atoms with Gasteiger partial charge in [0.15, 0.2) is 0 Å². The summed E-state index contributed by atoms with van der Waals surface area (Å²) in [6.07, 6.45) is -0.950. The third-order valence-corrected chi connectivity index (χ3v) is 9.03. The van der Waals surface area contributed by atoms with Crippen LogP contribution >= 0.6 is 18.0 Å². The number of amides is 1. The fraction of sp³-hybridized carbons (Fsp3) is 0.208. The molecule has 0 aliphatic heterocycles. The molecule has 0 saturated heterocycles. The summed E-state index contributed by atoms with van der Waals surface area (Å²) in [5, 5.41) is 2.80. The van der Waals surface area contributed by atoms with Gasteiger partial charge in [-0.15, -0.1) is 0 Å². The monoisotopic (exact) mass is 455 g/mol. The lowest BCUT2D eigenvalue weighted by atomic mass is 10.2. The lowest BCUT2D eigenvalue weighted by Crippen LogP contribution is -2.29. The second-order valence-electron chi connectivity index (χ2n) is 7.12. The maximum absolute atomic E-state index is 14.2. The van der Waals surface area contributed by atoms with E-state index in [9.17, 15) is 9.36 Å². The molecule has 2 atom stereocenters. The number of hydrogen-bond donors (Lipinski definition) is 1. The summed E-state index contributed by atoms with van der Waals surface area (Å²) in [7, 11) is 0. The van der Waals surface area contributed by atoms with Crippen LogP contribution < -0.4 is 5.32 Å². The smallest absolute Gasteiger partial charge is 0.408 e. The minimum atomic E-state index is -3.47. The molecule has 7 heteroatoms. The Bertz CT molecular complexity index is 1000. The highest BCUT2D eigenvalue weighted by atomic mass is 32.7. The predicted molar refractivity (Wildman–Crippen MR) is 125 cm³/mol. The molecule has 0 fully saturated rings. The van der Waals surface area contributed by atoms with Crippen molar-refractivity contribution in [2.24, 2.45) is 0 Å². The zero-order valence-corrected chi connectivity index (χ0v) is 19.2. The van der Waals surface area contributed by atoms with E-state index in [0.717, 1.165) is 21.8 Å². The van der Waals surface area contributed by atoms with Crippen LogP contribution in [0.5, 0.6) is 0 Å². The Balaban J connectivity index is 1.86. The van der Waals surface area contributed by atoms with Gasteiger partial charge in [-0.25, -0.2) is 4.79 Å². The van der Waals surface area contributed by atoms with Crippen LogP contribution in [0.3, 0.4) is 0 Å². The van der Waals surface area contributed by atoms with Gasteiger partial charge in [-0.2, -0.15) is 0 Å². The molecular weight excluding hydrogens is 429 g/mol. The molecule has 1 amide bonds. The number of benzene rings is 3. The second kappa shape index (κ2) is 11.2. The first-order valence-electron chi connectivity index (χ1n) is 10.0. The van der Waals surface area contributed by atoms with E-state index in [1.165, 1.54) is 0 Å². The summed E-state index contributed by atoms with van der Waals surface area (Å²) in [6, 6.07) is 28.0. The highest BCUT2D eigenvalue weighted by Crippen LogP contribution is 2.71. The molecular formula is C24H26NO4PS. The zero-order chi connectivity index (χ0) is 22.1. The van der Waals surface area contributed by atoms with Crippen molar-refractivity contribution in [2.45, 2.75) is 37.2 Å². The van der Waals surface area contributed by atoms with Crippen LogP contribution in [-0.2, 0) is 20.4 Å². The molecule has 5 nitrogen and oxygen atoms in total. The molecule has 3 aromatic carbocycles. The standard InChI is InChI=1S/C24H26NO4PS/c1-19(2)29-30(27,31-22-16-10-5-11-17-22)23(21-14-8-4-9-15-21)25-24(26)28-18-20-12-6-3-7-13-20/h3-17,19,23H,18H2,1-2H3,(H,25,26). The average Bonchev–Trinajstić information content (AvgIpc) is 2.77. The topological polar surface area (TPSA) is 64.6 Å². The van der Waals surface area contributed by atoms with Gasteiger partial charge in [0.25, 0.3) is 6.57 Å². The van der Waals surface area contributed by atoms with Crippen molar-refractivity contribution < 1.29 is 18.6 Å². The molecule has 0 aliphatic carbocycles. The normalized spacial score (nSPS) is 13.9. The van der Waals surface area contributed by atoms with E-state index in [4.69, 9.17) is 9.26 Å². The van der Waals surface area contributed by atoms with Crippen molar-refractivity contribution in [2.75, 3.05) is 0 Å². The number of carbonyl (C=O) groups excluding carboxylic acids is 1. The number of ether oxygens (including phenoxy) is 1. The average molecular weight is 456 g/mol. The van der Waals surface area contributed by atoms with Gasteiger partial charge in [-0.3, -0.25) is 4.57 Å². The van der Waals surface area contributed by atoms with Gasteiger partial charge in [-0.1, -0.05) is 78.9 Å². The molecule has 3 aromatic rings. The SMILES string of the molecule is CC(C)OP(=O)(Sc1ccccc1)C(NC(=O)OCc1ccccc1)c1ccccc1. The molecule has 0 bridgehead atoms. The van der Waals surface area contributed by atoms with E-state index in [0.29, 0.717) is 5.56 Å². The third kappa shape index (κ3) is 7.00. The highest BCUT2D eigenvalue weighted by Gasteiger charge is 2.39. The second-order valence-corrected chi connectivity index (χ2v) is 11.7. The molecule has 0 spiro atoms. The van der Waals surface area contributed by atoms with Gasteiger partial charge in [0.1, 0.15) is 12.4 Å². The number of alkyl carbamates (subject to hydrolysis) is 1. The Kier molecular flexibility index (Phi) is 8.35. The van der Waals surface area contributed by atoms with Gasteiger partial charge in [0.05, 0.1) is 6.10 Å². The first-order valence-corrected chi connectivity index (χ1v) is 13.1. The van der Waals surface area contributed by atoms with Crippen LogP contribution in [0.25, 0.3) is 0 Å². The Morgan fingerprint density at radius 2 is 1.45 bits per heavy atom. The molecule has 0 saturated carbocycles. The van der Waals surface area contributed by atoms with Gasteiger partial charge < -0.3 is 14.6 Å². The molecule has 0 heterocycles. The van der Waals surface area contributed by atoms with Gasteiger partial charge in [-0.05, 0) is 48.5 Å². The highest BCUT2D eigenvalue weighted by molar-refractivity contribution is 8.56. The Morgan fingerprint density at radius 3 is 2.03 bits per heavy atom.